The van der Waals surface area contributed by atoms with E-state index in [0.29, 0.717) is 10.7 Å². The second-order valence-electron chi connectivity index (χ2n) is 5.18. The molecule has 122 valence electrons. The second-order valence-corrected chi connectivity index (χ2v) is 6.48. The number of aliphatic hydroxyl groups is 1. The minimum absolute atomic E-state index is 0.0137. The zero-order chi connectivity index (χ0) is 17.0. The maximum Gasteiger partial charge on any atom is 0.337 e. The molecule has 0 aliphatic carbocycles. The number of halogens is 1. The van der Waals surface area contributed by atoms with Crippen LogP contribution in [0.5, 0.6) is 0 Å². The molecule has 3 N–H and O–H groups in total. The van der Waals surface area contributed by atoms with Crippen molar-refractivity contribution in [3.05, 3.63) is 40.4 Å². The van der Waals surface area contributed by atoms with E-state index in [1.54, 1.807) is 17.5 Å². The van der Waals surface area contributed by atoms with Gasteiger partial charge in [0.2, 0.25) is 5.91 Å². The van der Waals surface area contributed by atoms with Crippen LogP contribution in [0.3, 0.4) is 0 Å². The van der Waals surface area contributed by atoms with Gasteiger partial charge in [-0.25, -0.2) is 9.78 Å². The van der Waals surface area contributed by atoms with Crippen LogP contribution in [0, 0.1) is 0 Å². The molecule has 0 spiro atoms. The maximum atomic E-state index is 11.8. The van der Waals surface area contributed by atoms with Crippen molar-refractivity contribution >= 4 is 34.8 Å². The number of carbonyl (C=O) groups excluding carboxylic acids is 1. The second kappa shape index (κ2) is 7.08. The predicted octanol–water partition coefficient (Wildman–Crippen LogP) is 1.96. The summed E-state index contributed by atoms with van der Waals surface area (Å²) in [6.07, 6.45) is 0.0137. The van der Waals surface area contributed by atoms with Crippen LogP contribution < -0.4 is 5.32 Å². The van der Waals surface area contributed by atoms with E-state index in [4.69, 9.17) is 16.7 Å². The Bertz CT molecular complexity index is 713. The van der Waals surface area contributed by atoms with Crippen LogP contribution in [0.4, 0.5) is 0 Å². The molecule has 0 bridgehead atoms. The average Bonchev–Trinajstić information content (AvgIpc) is 2.94. The molecule has 1 unspecified atom stereocenters. The van der Waals surface area contributed by atoms with E-state index in [2.05, 4.69) is 10.3 Å². The van der Waals surface area contributed by atoms with Gasteiger partial charge in [-0.05, 0) is 19.1 Å². The molecule has 0 saturated heterocycles. The Morgan fingerprint density at radius 2 is 2.00 bits per heavy atom. The van der Waals surface area contributed by atoms with Crippen LogP contribution >= 0.6 is 22.9 Å². The molecule has 0 saturated carbocycles. The minimum Gasteiger partial charge on any atom is -0.479 e. The highest BCUT2D eigenvalue weighted by atomic mass is 35.5. The number of nitrogens with one attached hydrogen (secondary N) is 1. The number of hydrogen-bond donors (Lipinski definition) is 3. The molecule has 1 aromatic carbocycles. The molecule has 0 aliphatic heterocycles. The molecule has 2 rings (SSSR count). The van der Waals surface area contributed by atoms with E-state index in [9.17, 15) is 14.7 Å². The van der Waals surface area contributed by atoms with Crippen molar-refractivity contribution in [1.29, 1.82) is 0 Å². The molecular formula is C15H15ClN2O4S. The molecule has 8 heteroatoms. The van der Waals surface area contributed by atoms with E-state index < -0.39 is 17.5 Å². The standard InChI is InChI=1S/C15H15ClN2O4S/c1-15(22,14(20)21)8-17-12(19)6-11-7-23-13(18-11)9-2-4-10(16)5-3-9/h2-5,7,22H,6,8H2,1H3,(H,17,19)(H,20,21). The minimum atomic E-state index is -1.99. The average molecular weight is 355 g/mol. The lowest BCUT2D eigenvalue weighted by atomic mass is 10.1. The fraction of sp³-hybridized carbons (Fsp3) is 0.267. The van der Waals surface area contributed by atoms with Crippen molar-refractivity contribution in [3.8, 4) is 10.6 Å². The largest absolute Gasteiger partial charge is 0.479 e. The monoisotopic (exact) mass is 354 g/mol. The Balaban J connectivity index is 1.95. The molecular weight excluding hydrogens is 340 g/mol. The molecule has 0 radical (unpaired) electrons. The van der Waals surface area contributed by atoms with Crippen molar-refractivity contribution in [1.82, 2.24) is 10.3 Å². The summed E-state index contributed by atoms with van der Waals surface area (Å²) >= 11 is 7.24. The third-order valence-electron chi connectivity index (χ3n) is 3.08. The molecule has 1 aromatic heterocycles. The summed E-state index contributed by atoms with van der Waals surface area (Å²) in [5.74, 6) is -1.80. The number of amides is 1. The lowest BCUT2D eigenvalue weighted by Crippen LogP contribution is -2.46. The summed E-state index contributed by atoms with van der Waals surface area (Å²) in [5.41, 5.74) is -0.515. The molecule has 1 heterocycles. The first-order chi connectivity index (χ1) is 10.8. The first kappa shape index (κ1) is 17.4. The third-order valence-corrected chi connectivity index (χ3v) is 4.27. The SMILES string of the molecule is CC(O)(CNC(=O)Cc1csc(-c2ccc(Cl)cc2)n1)C(=O)O. The van der Waals surface area contributed by atoms with Gasteiger partial charge in [0.15, 0.2) is 5.60 Å². The van der Waals surface area contributed by atoms with Gasteiger partial charge >= 0.3 is 5.97 Å². The van der Waals surface area contributed by atoms with Gasteiger partial charge in [0.1, 0.15) is 5.01 Å². The Labute approximate surface area is 141 Å². The zero-order valence-corrected chi connectivity index (χ0v) is 13.8. The van der Waals surface area contributed by atoms with Gasteiger partial charge in [0, 0.05) is 16.0 Å². The van der Waals surface area contributed by atoms with Gasteiger partial charge in [0.25, 0.3) is 0 Å². The van der Waals surface area contributed by atoms with Crippen LogP contribution in [0.15, 0.2) is 29.6 Å². The summed E-state index contributed by atoms with van der Waals surface area (Å²) in [5, 5.41) is 23.9. The van der Waals surface area contributed by atoms with Crippen LogP contribution in [0.1, 0.15) is 12.6 Å². The molecule has 2 aromatic rings. The van der Waals surface area contributed by atoms with E-state index in [1.807, 2.05) is 12.1 Å². The highest BCUT2D eigenvalue weighted by Crippen LogP contribution is 2.25. The summed E-state index contributed by atoms with van der Waals surface area (Å²) in [6, 6.07) is 7.21. The molecule has 1 amide bonds. The van der Waals surface area contributed by atoms with Crippen LogP contribution in [-0.2, 0) is 16.0 Å². The Kier molecular flexibility index (Phi) is 5.35. The van der Waals surface area contributed by atoms with Gasteiger partial charge in [-0.1, -0.05) is 23.7 Å². The molecule has 1 atom stereocenters. The first-order valence-corrected chi connectivity index (χ1v) is 7.96. The van der Waals surface area contributed by atoms with E-state index >= 15 is 0 Å². The van der Waals surface area contributed by atoms with Crippen molar-refractivity contribution < 1.29 is 19.8 Å². The number of aliphatic carboxylic acids is 1. The fourth-order valence-electron chi connectivity index (χ4n) is 1.69. The highest BCUT2D eigenvalue weighted by Gasteiger charge is 2.30. The van der Waals surface area contributed by atoms with Crippen LogP contribution in [0.25, 0.3) is 10.6 Å². The van der Waals surface area contributed by atoms with E-state index in [0.717, 1.165) is 17.5 Å². The number of benzene rings is 1. The zero-order valence-electron chi connectivity index (χ0n) is 12.2. The predicted molar refractivity (Wildman–Crippen MR) is 87.5 cm³/mol. The van der Waals surface area contributed by atoms with E-state index in [1.165, 1.54) is 11.3 Å². The Hall–Kier alpha value is -1.96. The number of rotatable bonds is 6. The quantitative estimate of drug-likeness (QED) is 0.736. The smallest absolute Gasteiger partial charge is 0.337 e. The van der Waals surface area contributed by atoms with Gasteiger partial charge < -0.3 is 15.5 Å². The molecule has 0 fully saturated rings. The topological polar surface area (TPSA) is 99.5 Å². The Morgan fingerprint density at radius 3 is 2.61 bits per heavy atom. The van der Waals surface area contributed by atoms with Crippen LogP contribution in [0.2, 0.25) is 5.02 Å². The number of hydrogen-bond acceptors (Lipinski definition) is 5. The maximum absolute atomic E-state index is 11.8. The Morgan fingerprint density at radius 1 is 1.35 bits per heavy atom. The van der Waals surface area contributed by atoms with Gasteiger partial charge in [-0.15, -0.1) is 11.3 Å². The summed E-state index contributed by atoms with van der Waals surface area (Å²) in [6.45, 7) is 0.756. The van der Waals surface area contributed by atoms with Gasteiger partial charge in [-0.2, -0.15) is 0 Å². The molecule has 0 aliphatic rings. The van der Waals surface area contributed by atoms with Gasteiger partial charge in [0.05, 0.1) is 18.7 Å². The van der Waals surface area contributed by atoms with E-state index in [-0.39, 0.29) is 13.0 Å². The number of aromatic nitrogens is 1. The summed E-state index contributed by atoms with van der Waals surface area (Å²) < 4.78 is 0. The number of nitrogens with zero attached hydrogens (tertiary/aromatic N) is 1. The van der Waals surface area contributed by atoms with Crippen molar-refractivity contribution in [2.45, 2.75) is 18.9 Å². The van der Waals surface area contributed by atoms with Crippen molar-refractivity contribution in [2.75, 3.05) is 6.54 Å². The normalized spacial score (nSPS) is 13.3. The fourth-order valence-corrected chi connectivity index (χ4v) is 2.64. The van der Waals surface area contributed by atoms with Crippen molar-refractivity contribution in [3.63, 3.8) is 0 Å². The van der Waals surface area contributed by atoms with Crippen LogP contribution in [-0.4, -0.2) is 39.2 Å². The lowest BCUT2D eigenvalue weighted by Gasteiger charge is -2.17. The first-order valence-electron chi connectivity index (χ1n) is 6.71. The summed E-state index contributed by atoms with van der Waals surface area (Å²) in [7, 11) is 0. The number of carboxylic acids is 1. The number of carbonyl (C=O) groups is 2. The molecule has 23 heavy (non-hydrogen) atoms. The summed E-state index contributed by atoms with van der Waals surface area (Å²) in [4.78, 5) is 26.9. The van der Waals surface area contributed by atoms with Gasteiger partial charge in [-0.3, -0.25) is 4.79 Å². The lowest BCUT2D eigenvalue weighted by molar-refractivity contribution is -0.156. The van der Waals surface area contributed by atoms with Crippen molar-refractivity contribution in [2.24, 2.45) is 0 Å². The third kappa shape index (κ3) is 4.75. The molecule has 6 nitrogen and oxygen atoms in total. The number of thiazole rings is 1. The number of carboxylic acid groups (broad SMARTS) is 1. The highest BCUT2D eigenvalue weighted by molar-refractivity contribution is 7.13.